The van der Waals surface area contributed by atoms with Gasteiger partial charge in [0.1, 0.15) is 0 Å². The van der Waals surface area contributed by atoms with Crippen LogP contribution >= 0.6 is 34.4 Å². The lowest BCUT2D eigenvalue weighted by Gasteiger charge is -2.02. The normalized spacial score (nSPS) is 10.8. The number of nitrogens with one attached hydrogen (secondary N) is 1. The van der Waals surface area contributed by atoms with E-state index in [0.29, 0.717) is 23.1 Å². The minimum Gasteiger partial charge on any atom is -0.356 e. The van der Waals surface area contributed by atoms with Gasteiger partial charge in [-0.25, -0.2) is 4.68 Å². The molecule has 0 fully saturated rings. The molecule has 1 amide bonds. The SMILES string of the molecule is CC(=O)NCCc1ccc(C(=O)CSc2nnnn2Cc2cccs2)s1. The van der Waals surface area contributed by atoms with E-state index in [1.807, 2.05) is 29.6 Å². The summed E-state index contributed by atoms with van der Waals surface area (Å²) in [7, 11) is 0. The zero-order valence-corrected chi connectivity index (χ0v) is 16.5. The summed E-state index contributed by atoms with van der Waals surface area (Å²) in [6.07, 6.45) is 0.726. The molecule has 3 heterocycles. The molecule has 0 aromatic carbocycles. The topological polar surface area (TPSA) is 89.8 Å². The molecule has 0 unspecified atom stereocenters. The summed E-state index contributed by atoms with van der Waals surface area (Å²) in [4.78, 5) is 26.3. The van der Waals surface area contributed by atoms with Gasteiger partial charge in [-0.2, -0.15) is 0 Å². The van der Waals surface area contributed by atoms with Gasteiger partial charge in [0, 0.05) is 23.2 Å². The first-order chi connectivity index (χ1) is 12.6. The van der Waals surface area contributed by atoms with Crippen molar-refractivity contribution in [3.8, 4) is 0 Å². The highest BCUT2D eigenvalue weighted by molar-refractivity contribution is 7.99. The fraction of sp³-hybridized carbons (Fsp3) is 0.312. The molecule has 1 N–H and O–H groups in total. The average Bonchev–Trinajstić information content (AvgIpc) is 3.35. The van der Waals surface area contributed by atoms with Crippen LogP contribution < -0.4 is 5.32 Å². The molecule has 136 valence electrons. The fourth-order valence-electron chi connectivity index (χ4n) is 2.17. The van der Waals surface area contributed by atoms with Crippen molar-refractivity contribution in [3.63, 3.8) is 0 Å². The fourth-order valence-corrected chi connectivity index (χ4v) is 4.66. The summed E-state index contributed by atoms with van der Waals surface area (Å²) in [5.41, 5.74) is 0. The number of aromatic nitrogens is 4. The third kappa shape index (κ3) is 5.23. The van der Waals surface area contributed by atoms with E-state index in [9.17, 15) is 9.59 Å². The lowest BCUT2D eigenvalue weighted by molar-refractivity contribution is -0.118. The molecule has 0 aliphatic carbocycles. The molecule has 0 atom stereocenters. The van der Waals surface area contributed by atoms with Gasteiger partial charge in [0.25, 0.3) is 0 Å². The van der Waals surface area contributed by atoms with E-state index in [0.717, 1.165) is 16.2 Å². The monoisotopic (exact) mass is 407 g/mol. The molecule has 26 heavy (non-hydrogen) atoms. The number of tetrazole rings is 1. The minimum absolute atomic E-state index is 0.0467. The van der Waals surface area contributed by atoms with Gasteiger partial charge in [-0.05, 0) is 40.4 Å². The van der Waals surface area contributed by atoms with Crippen molar-refractivity contribution >= 4 is 46.1 Å². The second kappa shape index (κ2) is 9.06. The molecule has 0 radical (unpaired) electrons. The highest BCUT2D eigenvalue weighted by atomic mass is 32.2. The van der Waals surface area contributed by atoms with Crippen molar-refractivity contribution in [3.05, 3.63) is 44.3 Å². The zero-order valence-electron chi connectivity index (χ0n) is 14.0. The first-order valence-electron chi connectivity index (χ1n) is 7.89. The van der Waals surface area contributed by atoms with Crippen LogP contribution in [0.5, 0.6) is 0 Å². The Balaban J connectivity index is 1.52. The van der Waals surface area contributed by atoms with E-state index in [4.69, 9.17) is 0 Å². The second-order valence-corrected chi connectivity index (χ2v) is 8.55. The van der Waals surface area contributed by atoms with Gasteiger partial charge in [-0.3, -0.25) is 9.59 Å². The molecule has 0 spiro atoms. The van der Waals surface area contributed by atoms with Gasteiger partial charge in [-0.15, -0.1) is 27.8 Å². The highest BCUT2D eigenvalue weighted by Gasteiger charge is 2.14. The van der Waals surface area contributed by atoms with E-state index in [-0.39, 0.29) is 17.4 Å². The third-order valence-electron chi connectivity index (χ3n) is 3.40. The highest BCUT2D eigenvalue weighted by Crippen LogP contribution is 2.22. The van der Waals surface area contributed by atoms with Crippen molar-refractivity contribution < 1.29 is 9.59 Å². The maximum absolute atomic E-state index is 12.4. The Kier molecular flexibility index (Phi) is 6.53. The van der Waals surface area contributed by atoms with Crippen molar-refractivity contribution in [2.75, 3.05) is 12.3 Å². The number of carbonyl (C=O) groups is 2. The van der Waals surface area contributed by atoms with Crippen molar-refractivity contribution in [2.45, 2.75) is 25.0 Å². The first kappa shape index (κ1) is 18.7. The molecule has 7 nitrogen and oxygen atoms in total. The maximum Gasteiger partial charge on any atom is 0.216 e. The van der Waals surface area contributed by atoms with Crippen LogP contribution in [0.1, 0.15) is 26.3 Å². The van der Waals surface area contributed by atoms with E-state index >= 15 is 0 Å². The van der Waals surface area contributed by atoms with E-state index in [1.165, 1.54) is 30.0 Å². The van der Waals surface area contributed by atoms with Crippen molar-refractivity contribution in [2.24, 2.45) is 0 Å². The van der Waals surface area contributed by atoms with Crippen LogP contribution in [-0.4, -0.2) is 44.2 Å². The Bertz CT molecular complexity index is 872. The average molecular weight is 408 g/mol. The molecular weight excluding hydrogens is 390 g/mol. The van der Waals surface area contributed by atoms with E-state index < -0.39 is 0 Å². The Morgan fingerprint density at radius 1 is 1.27 bits per heavy atom. The minimum atomic E-state index is -0.0467. The van der Waals surface area contributed by atoms with Crippen molar-refractivity contribution in [1.82, 2.24) is 25.5 Å². The Labute approximate surface area is 162 Å². The number of rotatable bonds is 9. The number of nitrogens with zero attached hydrogens (tertiary/aromatic N) is 4. The molecule has 0 bridgehead atoms. The summed E-state index contributed by atoms with van der Waals surface area (Å²) in [5.74, 6) is 0.294. The Hall–Kier alpha value is -2.04. The first-order valence-corrected chi connectivity index (χ1v) is 10.6. The van der Waals surface area contributed by atoms with Crippen LogP contribution in [0.2, 0.25) is 0 Å². The van der Waals surface area contributed by atoms with Gasteiger partial charge in [-0.1, -0.05) is 17.8 Å². The summed E-state index contributed by atoms with van der Waals surface area (Å²) in [6.45, 7) is 2.68. The molecule has 10 heteroatoms. The Morgan fingerprint density at radius 3 is 2.92 bits per heavy atom. The standard InChI is InChI=1S/C16H17N5O2S3/c1-11(22)17-7-6-12-4-5-15(26-12)14(23)10-25-16-18-19-20-21(16)9-13-3-2-8-24-13/h2-5,8H,6-7,9-10H2,1H3,(H,17,22). The van der Waals surface area contributed by atoms with Crippen LogP contribution in [0.15, 0.2) is 34.8 Å². The van der Waals surface area contributed by atoms with Crippen LogP contribution in [0.3, 0.4) is 0 Å². The van der Waals surface area contributed by atoms with Gasteiger partial charge >= 0.3 is 0 Å². The smallest absolute Gasteiger partial charge is 0.216 e. The number of Topliss-reactive ketones (excluding diaryl/α,β-unsaturated/α-hetero) is 1. The quantitative estimate of drug-likeness (QED) is 0.433. The van der Waals surface area contributed by atoms with Crippen LogP contribution in [0.4, 0.5) is 0 Å². The molecule has 0 aliphatic rings. The van der Waals surface area contributed by atoms with Crippen molar-refractivity contribution in [1.29, 1.82) is 0 Å². The molecular formula is C16H17N5O2S3. The predicted molar refractivity (Wildman–Crippen MR) is 103 cm³/mol. The van der Waals surface area contributed by atoms with Crippen LogP contribution in [0.25, 0.3) is 0 Å². The predicted octanol–water partition coefficient (Wildman–Crippen LogP) is 2.50. The van der Waals surface area contributed by atoms with Crippen LogP contribution in [-0.2, 0) is 17.8 Å². The molecule has 0 aliphatic heterocycles. The molecule has 3 aromatic heterocycles. The number of amides is 1. The van der Waals surface area contributed by atoms with Gasteiger partial charge in [0.05, 0.1) is 17.2 Å². The lowest BCUT2D eigenvalue weighted by atomic mass is 10.3. The summed E-state index contributed by atoms with van der Waals surface area (Å²) < 4.78 is 1.71. The summed E-state index contributed by atoms with van der Waals surface area (Å²) in [5, 5.41) is 17.1. The number of hydrogen-bond donors (Lipinski definition) is 1. The van der Waals surface area contributed by atoms with Gasteiger partial charge < -0.3 is 5.32 Å². The molecule has 3 aromatic rings. The molecule has 0 saturated heterocycles. The second-order valence-electron chi connectivity index (χ2n) is 5.41. The van der Waals surface area contributed by atoms with Crippen LogP contribution in [0, 0.1) is 0 Å². The largest absolute Gasteiger partial charge is 0.356 e. The summed E-state index contributed by atoms with van der Waals surface area (Å²) >= 11 is 4.45. The number of thiophene rings is 2. The number of thioether (sulfide) groups is 1. The molecule has 0 saturated carbocycles. The van der Waals surface area contributed by atoms with E-state index in [1.54, 1.807) is 16.0 Å². The summed E-state index contributed by atoms with van der Waals surface area (Å²) in [6, 6.07) is 7.79. The third-order valence-corrected chi connectivity index (χ3v) is 6.40. The van der Waals surface area contributed by atoms with Gasteiger partial charge in [0.15, 0.2) is 5.78 Å². The lowest BCUT2D eigenvalue weighted by Crippen LogP contribution is -2.22. The zero-order chi connectivity index (χ0) is 18.4. The Morgan fingerprint density at radius 2 is 2.15 bits per heavy atom. The number of carbonyl (C=O) groups excluding carboxylic acids is 2. The maximum atomic E-state index is 12.4. The van der Waals surface area contributed by atoms with E-state index in [2.05, 4.69) is 20.8 Å². The number of hydrogen-bond acceptors (Lipinski definition) is 8. The van der Waals surface area contributed by atoms with Gasteiger partial charge in [0.2, 0.25) is 11.1 Å². The molecule has 3 rings (SSSR count). The number of ketones is 1.